The Bertz CT molecular complexity index is 595. The van der Waals surface area contributed by atoms with E-state index in [1.165, 1.54) is 0 Å². The van der Waals surface area contributed by atoms with Crippen molar-refractivity contribution >= 4 is 5.91 Å². The molecule has 6 heteroatoms. The first-order chi connectivity index (χ1) is 10.6. The minimum Gasteiger partial charge on any atom is -0.419 e. The van der Waals surface area contributed by atoms with Crippen molar-refractivity contribution in [3.8, 4) is 11.5 Å². The number of nitrogens with zero attached hydrogens (tertiary/aromatic N) is 3. The summed E-state index contributed by atoms with van der Waals surface area (Å²) < 4.78 is 5.67. The second-order valence-electron chi connectivity index (χ2n) is 5.39. The summed E-state index contributed by atoms with van der Waals surface area (Å²) in [6.45, 7) is 7.39. The summed E-state index contributed by atoms with van der Waals surface area (Å²) in [6, 6.07) is 9.77. The molecule has 0 aliphatic rings. The fourth-order valence-electron chi connectivity index (χ4n) is 2.06. The summed E-state index contributed by atoms with van der Waals surface area (Å²) in [7, 11) is 0. The van der Waals surface area contributed by atoms with Gasteiger partial charge in [0.15, 0.2) is 0 Å². The van der Waals surface area contributed by atoms with Crippen molar-refractivity contribution in [3.05, 3.63) is 36.2 Å². The molecule has 0 unspecified atom stereocenters. The summed E-state index contributed by atoms with van der Waals surface area (Å²) in [4.78, 5) is 13.8. The number of carbonyl (C=O) groups excluding carboxylic acids is 1. The lowest BCUT2D eigenvalue weighted by molar-refractivity contribution is -0.122. The molecular weight excluding hydrogens is 280 g/mol. The number of carbonyl (C=O) groups is 1. The molecule has 1 N–H and O–H groups in total. The number of hydrogen-bond donors (Lipinski definition) is 1. The van der Waals surface area contributed by atoms with Gasteiger partial charge in [-0.05, 0) is 32.5 Å². The summed E-state index contributed by atoms with van der Waals surface area (Å²) in [5.74, 6) is 1.01. The third kappa shape index (κ3) is 4.66. The Hall–Kier alpha value is -2.21. The maximum absolute atomic E-state index is 11.8. The minimum absolute atomic E-state index is 0.000326. The standard InChI is InChI=1S/C16H22N4O2/c1-4-20(10-14(21)17-12(2)3)11-15-18-19-16(22-15)13-8-6-5-7-9-13/h5-9,12H,4,10-11H2,1-3H3,(H,17,21). The average molecular weight is 302 g/mol. The fraction of sp³-hybridized carbons (Fsp3) is 0.438. The number of benzene rings is 1. The zero-order valence-electron chi connectivity index (χ0n) is 13.2. The SMILES string of the molecule is CCN(CC(=O)NC(C)C)Cc1nnc(-c2ccccc2)o1. The van der Waals surface area contributed by atoms with Crippen molar-refractivity contribution in [1.29, 1.82) is 0 Å². The molecule has 22 heavy (non-hydrogen) atoms. The highest BCUT2D eigenvalue weighted by Gasteiger charge is 2.14. The first kappa shape index (κ1) is 16.2. The van der Waals surface area contributed by atoms with Crippen molar-refractivity contribution in [1.82, 2.24) is 20.4 Å². The minimum atomic E-state index is -0.000326. The molecule has 0 saturated carbocycles. The van der Waals surface area contributed by atoms with E-state index >= 15 is 0 Å². The molecule has 1 heterocycles. The highest BCUT2D eigenvalue weighted by atomic mass is 16.4. The van der Waals surface area contributed by atoms with Gasteiger partial charge < -0.3 is 9.73 Å². The number of rotatable bonds is 7. The van der Waals surface area contributed by atoms with E-state index in [0.717, 1.165) is 12.1 Å². The van der Waals surface area contributed by atoms with Crippen molar-refractivity contribution < 1.29 is 9.21 Å². The third-order valence-corrected chi connectivity index (χ3v) is 3.11. The Morgan fingerprint density at radius 1 is 1.27 bits per heavy atom. The number of nitrogens with one attached hydrogen (secondary N) is 1. The summed E-state index contributed by atoms with van der Waals surface area (Å²) >= 11 is 0. The Kier molecular flexibility index (Phi) is 5.66. The maximum Gasteiger partial charge on any atom is 0.247 e. The lowest BCUT2D eigenvalue weighted by Gasteiger charge is -2.18. The molecule has 0 fully saturated rings. The molecule has 1 aromatic carbocycles. The summed E-state index contributed by atoms with van der Waals surface area (Å²) in [6.07, 6.45) is 0. The normalized spacial score (nSPS) is 11.1. The van der Waals surface area contributed by atoms with Gasteiger partial charge in [-0.3, -0.25) is 9.69 Å². The largest absolute Gasteiger partial charge is 0.419 e. The van der Waals surface area contributed by atoms with Gasteiger partial charge in [-0.25, -0.2) is 0 Å². The zero-order valence-corrected chi connectivity index (χ0v) is 13.2. The molecule has 6 nitrogen and oxygen atoms in total. The lowest BCUT2D eigenvalue weighted by atomic mass is 10.2. The summed E-state index contributed by atoms with van der Waals surface area (Å²) in [5.41, 5.74) is 0.891. The predicted molar refractivity (Wildman–Crippen MR) is 84.0 cm³/mol. The highest BCUT2D eigenvalue weighted by Crippen LogP contribution is 2.17. The van der Waals surface area contributed by atoms with Crippen LogP contribution in [0.4, 0.5) is 0 Å². The molecule has 1 aromatic heterocycles. The van der Waals surface area contributed by atoms with Crippen LogP contribution in [0.25, 0.3) is 11.5 Å². The number of hydrogen-bond acceptors (Lipinski definition) is 5. The van der Waals surface area contributed by atoms with Gasteiger partial charge in [0.25, 0.3) is 0 Å². The van der Waals surface area contributed by atoms with Crippen LogP contribution in [0.2, 0.25) is 0 Å². The van der Waals surface area contributed by atoms with Crippen LogP contribution in [-0.4, -0.2) is 40.1 Å². The quantitative estimate of drug-likeness (QED) is 0.848. The van der Waals surface area contributed by atoms with E-state index in [2.05, 4.69) is 15.5 Å². The molecule has 0 radical (unpaired) electrons. The van der Waals surface area contributed by atoms with Gasteiger partial charge in [0.2, 0.25) is 17.7 Å². The molecule has 0 bridgehead atoms. The molecule has 0 aliphatic heterocycles. The van der Waals surface area contributed by atoms with Gasteiger partial charge in [-0.2, -0.15) is 0 Å². The monoisotopic (exact) mass is 302 g/mol. The van der Waals surface area contributed by atoms with E-state index in [4.69, 9.17) is 4.42 Å². The lowest BCUT2D eigenvalue weighted by Crippen LogP contribution is -2.39. The predicted octanol–water partition coefficient (Wildman–Crippen LogP) is 2.08. The van der Waals surface area contributed by atoms with Crippen LogP contribution in [0.5, 0.6) is 0 Å². The Labute approximate surface area is 130 Å². The first-order valence-corrected chi connectivity index (χ1v) is 7.48. The molecular formula is C16H22N4O2. The first-order valence-electron chi connectivity index (χ1n) is 7.48. The van der Waals surface area contributed by atoms with Crippen LogP contribution in [0.15, 0.2) is 34.7 Å². The second-order valence-corrected chi connectivity index (χ2v) is 5.39. The third-order valence-electron chi connectivity index (χ3n) is 3.11. The van der Waals surface area contributed by atoms with Crippen LogP contribution >= 0.6 is 0 Å². The van der Waals surface area contributed by atoms with Gasteiger partial charge >= 0.3 is 0 Å². The number of likely N-dealkylation sites (N-methyl/N-ethyl adjacent to an activating group) is 1. The van der Waals surface area contributed by atoms with Gasteiger partial charge in [0.1, 0.15) is 0 Å². The van der Waals surface area contributed by atoms with E-state index in [-0.39, 0.29) is 11.9 Å². The van der Waals surface area contributed by atoms with Crippen LogP contribution < -0.4 is 5.32 Å². The maximum atomic E-state index is 11.8. The molecule has 0 spiro atoms. The van der Waals surface area contributed by atoms with E-state index < -0.39 is 0 Å². The number of aromatic nitrogens is 2. The van der Waals surface area contributed by atoms with Gasteiger partial charge in [-0.15, -0.1) is 10.2 Å². The molecule has 118 valence electrons. The summed E-state index contributed by atoms with van der Waals surface area (Å²) in [5, 5.41) is 11.0. The topological polar surface area (TPSA) is 71.3 Å². The van der Waals surface area contributed by atoms with E-state index in [1.54, 1.807) is 0 Å². The zero-order chi connectivity index (χ0) is 15.9. The Morgan fingerprint density at radius 2 is 2.00 bits per heavy atom. The molecule has 0 atom stereocenters. The molecule has 2 rings (SSSR count). The van der Waals surface area contributed by atoms with Crippen LogP contribution in [-0.2, 0) is 11.3 Å². The molecule has 1 amide bonds. The van der Waals surface area contributed by atoms with Crippen LogP contribution in [0, 0.1) is 0 Å². The van der Waals surface area contributed by atoms with Gasteiger partial charge in [0.05, 0.1) is 13.1 Å². The average Bonchev–Trinajstić information content (AvgIpc) is 2.95. The van der Waals surface area contributed by atoms with Crippen molar-refractivity contribution in [2.75, 3.05) is 13.1 Å². The van der Waals surface area contributed by atoms with E-state index in [1.807, 2.05) is 56.0 Å². The van der Waals surface area contributed by atoms with E-state index in [0.29, 0.717) is 24.9 Å². The Balaban J connectivity index is 1.97. The molecule has 2 aromatic rings. The molecule has 0 aliphatic carbocycles. The van der Waals surface area contributed by atoms with Crippen LogP contribution in [0.3, 0.4) is 0 Å². The number of amides is 1. The smallest absolute Gasteiger partial charge is 0.247 e. The fourth-order valence-corrected chi connectivity index (χ4v) is 2.06. The van der Waals surface area contributed by atoms with Crippen molar-refractivity contribution in [2.24, 2.45) is 0 Å². The molecule has 0 saturated heterocycles. The second kappa shape index (κ2) is 7.70. The van der Waals surface area contributed by atoms with E-state index in [9.17, 15) is 4.79 Å². The van der Waals surface area contributed by atoms with Crippen molar-refractivity contribution in [2.45, 2.75) is 33.4 Å². The van der Waals surface area contributed by atoms with Crippen molar-refractivity contribution in [3.63, 3.8) is 0 Å². The van der Waals surface area contributed by atoms with Crippen LogP contribution in [0.1, 0.15) is 26.7 Å². The Morgan fingerprint density at radius 3 is 2.64 bits per heavy atom. The highest BCUT2D eigenvalue weighted by molar-refractivity contribution is 5.78. The van der Waals surface area contributed by atoms with Gasteiger partial charge in [0, 0.05) is 11.6 Å². The van der Waals surface area contributed by atoms with Gasteiger partial charge in [-0.1, -0.05) is 25.1 Å².